The van der Waals surface area contributed by atoms with E-state index in [1.807, 2.05) is 18.2 Å². The number of rotatable bonds is 9. The largest absolute Gasteiger partial charge is 0.377 e. The average molecular weight is 415 g/mol. The smallest absolute Gasteiger partial charge is 0.220 e. The molecule has 1 aliphatic carbocycles. The monoisotopic (exact) mass is 414 g/mol. The zero-order chi connectivity index (χ0) is 19.9. The van der Waals surface area contributed by atoms with E-state index >= 15 is 0 Å². The topological polar surface area (TPSA) is 69.0 Å². The Bertz CT molecular complexity index is 783. The van der Waals surface area contributed by atoms with E-state index < -0.39 is 0 Å². The maximum Gasteiger partial charge on any atom is 0.220 e. The van der Waals surface area contributed by atoms with Crippen molar-refractivity contribution in [3.63, 3.8) is 0 Å². The van der Waals surface area contributed by atoms with Gasteiger partial charge in [-0.1, -0.05) is 54.9 Å². The van der Waals surface area contributed by atoms with Crippen molar-refractivity contribution < 1.29 is 9.53 Å². The van der Waals surface area contributed by atoms with Gasteiger partial charge in [0.05, 0.1) is 19.2 Å². The lowest BCUT2D eigenvalue weighted by Gasteiger charge is -2.13. The van der Waals surface area contributed by atoms with E-state index in [1.54, 1.807) is 11.8 Å². The molecule has 2 aromatic rings. The van der Waals surface area contributed by atoms with Gasteiger partial charge in [0, 0.05) is 18.8 Å². The molecular formula is C22H30N4O2S. The predicted octanol–water partition coefficient (Wildman–Crippen LogP) is 3.79. The summed E-state index contributed by atoms with van der Waals surface area (Å²) in [6.45, 7) is 1.99. The minimum absolute atomic E-state index is 0.125. The molecule has 1 amide bonds. The van der Waals surface area contributed by atoms with Crippen molar-refractivity contribution in [2.24, 2.45) is 5.92 Å². The molecular weight excluding hydrogens is 384 g/mol. The third kappa shape index (κ3) is 5.82. The van der Waals surface area contributed by atoms with E-state index in [1.165, 1.54) is 31.2 Å². The van der Waals surface area contributed by atoms with E-state index in [0.717, 1.165) is 36.2 Å². The minimum atomic E-state index is 0.125. The number of nitrogens with one attached hydrogen (secondary N) is 1. The van der Waals surface area contributed by atoms with Gasteiger partial charge in [-0.15, -0.1) is 10.2 Å². The molecule has 1 saturated heterocycles. The van der Waals surface area contributed by atoms with Crippen LogP contribution in [0.25, 0.3) is 0 Å². The number of carbonyl (C=O) groups excluding carboxylic acids is 1. The SMILES string of the molecule is O=C(CC1CCCC1)NCc1nnc(SC[C@@H]2CCCO2)n1Cc1ccccc1. The normalized spacial score (nSPS) is 19.7. The summed E-state index contributed by atoms with van der Waals surface area (Å²) in [6, 6.07) is 10.3. The maximum atomic E-state index is 12.4. The molecule has 0 unspecified atom stereocenters. The lowest BCUT2D eigenvalue weighted by atomic mass is 10.0. The van der Waals surface area contributed by atoms with Crippen molar-refractivity contribution in [2.75, 3.05) is 12.4 Å². The summed E-state index contributed by atoms with van der Waals surface area (Å²) in [5.41, 5.74) is 1.20. The second-order valence-electron chi connectivity index (χ2n) is 8.05. The first-order valence-electron chi connectivity index (χ1n) is 10.7. The van der Waals surface area contributed by atoms with Crippen LogP contribution in [0.1, 0.15) is 56.3 Å². The number of nitrogens with zero attached hydrogens (tertiary/aromatic N) is 3. The highest BCUT2D eigenvalue weighted by atomic mass is 32.2. The van der Waals surface area contributed by atoms with Crippen LogP contribution < -0.4 is 5.32 Å². The van der Waals surface area contributed by atoms with Gasteiger partial charge in [-0.25, -0.2) is 0 Å². The highest BCUT2D eigenvalue weighted by molar-refractivity contribution is 7.99. The molecule has 1 aromatic heterocycles. The van der Waals surface area contributed by atoms with Crippen LogP contribution in [-0.2, 0) is 22.6 Å². The van der Waals surface area contributed by atoms with Crippen LogP contribution in [0.5, 0.6) is 0 Å². The summed E-state index contributed by atoms with van der Waals surface area (Å²) in [5, 5.41) is 12.8. The first-order valence-corrected chi connectivity index (χ1v) is 11.7. The van der Waals surface area contributed by atoms with Crippen molar-refractivity contribution in [1.29, 1.82) is 0 Å². The summed E-state index contributed by atoms with van der Waals surface area (Å²) in [6.07, 6.45) is 8.07. The molecule has 6 nitrogen and oxygen atoms in total. The molecule has 0 bridgehead atoms. The van der Waals surface area contributed by atoms with Gasteiger partial charge in [0.1, 0.15) is 0 Å². The summed E-state index contributed by atoms with van der Waals surface area (Å²) >= 11 is 1.70. The molecule has 0 spiro atoms. The van der Waals surface area contributed by atoms with Crippen LogP contribution >= 0.6 is 11.8 Å². The highest BCUT2D eigenvalue weighted by Crippen LogP contribution is 2.27. The first-order chi connectivity index (χ1) is 14.3. The molecule has 7 heteroatoms. The number of benzene rings is 1. The molecule has 0 radical (unpaired) electrons. The molecule has 2 aliphatic rings. The third-order valence-electron chi connectivity index (χ3n) is 5.79. The van der Waals surface area contributed by atoms with Crippen LogP contribution in [-0.4, -0.2) is 39.1 Å². The Hall–Kier alpha value is -1.86. The molecule has 1 aliphatic heterocycles. The Morgan fingerprint density at radius 2 is 1.97 bits per heavy atom. The fourth-order valence-corrected chi connectivity index (χ4v) is 5.17. The van der Waals surface area contributed by atoms with E-state index in [-0.39, 0.29) is 5.91 Å². The Labute approximate surface area is 176 Å². The van der Waals surface area contributed by atoms with Crippen LogP contribution in [0.4, 0.5) is 0 Å². The zero-order valence-corrected chi connectivity index (χ0v) is 17.7. The molecule has 1 atom stereocenters. The van der Waals surface area contributed by atoms with Crippen LogP contribution in [0.15, 0.2) is 35.5 Å². The van der Waals surface area contributed by atoms with Gasteiger partial charge in [0.25, 0.3) is 0 Å². The molecule has 1 aromatic carbocycles. The van der Waals surface area contributed by atoms with Gasteiger partial charge in [-0.3, -0.25) is 4.79 Å². The highest BCUT2D eigenvalue weighted by Gasteiger charge is 2.21. The number of hydrogen-bond donors (Lipinski definition) is 1. The van der Waals surface area contributed by atoms with Gasteiger partial charge >= 0.3 is 0 Å². The third-order valence-corrected chi connectivity index (χ3v) is 6.89. The van der Waals surface area contributed by atoms with E-state index in [4.69, 9.17) is 4.74 Å². The summed E-state index contributed by atoms with van der Waals surface area (Å²) in [7, 11) is 0. The molecule has 156 valence electrons. The molecule has 1 saturated carbocycles. The number of carbonyl (C=O) groups is 1. The maximum absolute atomic E-state index is 12.4. The Kier molecular flexibility index (Phi) is 7.22. The minimum Gasteiger partial charge on any atom is -0.377 e. The predicted molar refractivity (Wildman–Crippen MR) is 114 cm³/mol. The van der Waals surface area contributed by atoms with Gasteiger partial charge in [-0.2, -0.15) is 0 Å². The van der Waals surface area contributed by atoms with Gasteiger partial charge in [0.15, 0.2) is 11.0 Å². The van der Waals surface area contributed by atoms with Crippen molar-refractivity contribution in [3.05, 3.63) is 41.7 Å². The number of ether oxygens (including phenoxy) is 1. The standard InChI is InChI=1S/C22H30N4O2S/c27-21(13-17-7-4-5-8-17)23-14-20-24-25-22(29-16-19-11-6-12-28-19)26(20)15-18-9-2-1-3-10-18/h1-3,9-10,17,19H,4-8,11-16H2,(H,23,27)/t19-/m0/s1. The Morgan fingerprint density at radius 1 is 1.14 bits per heavy atom. The number of hydrogen-bond acceptors (Lipinski definition) is 5. The van der Waals surface area contributed by atoms with Gasteiger partial charge < -0.3 is 14.6 Å². The van der Waals surface area contributed by atoms with E-state index in [2.05, 4.69) is 32.2 Å². The molecule has 4 rings (SSSR count). The Morgan fingerprint density at radius 3 is 2.72 bits per heavy atom. The summed E-state index contributed by atoms with van der Waals surface area (Å²) in [4.78, 5) is 12.4. The summed E-state index contributed by atoms with van der Waals surface area (Å²) in [5.74, 6) is 2.37. The molecule has 1 N–H and O–H groups in total. The second kappa shape index (κ2) is 10.3. The lowest BCUT2D eigenvalue weighted by molar-refractivity contribution is -0.122. The van der Waals surface area contributed by atoms with Gasteiger partial charge in [-0.05, 0) is 37.2 Å². The van der Waals surface area contributed by atoms with Crippen molar-refractivity contribution in [2.45, 2.75) is 69.3 Å². The van der Waals surface area contributed by atoms with E-state index in [0.29, 0.717) is 31.5 Å². The number of thioether (sulfide) groups is 1. The molecule has 2 heterocycles. The van der Waals surface area contributed by atoms with Crippen molar-refractivity contribution >= 4 is 17.7 Å². The fraction of sp³-hybridized carbons (Fsp3) is 0.591. The quantitative estimate of drug-likeness (QED) is 0.632. The Balaban J connectivity index is 1.40. The van der Waals surface area contributed by atoms with Crippen LogP contribution in [0, 0.1) is 5.92 Å². The number of amides is 1. The zero-order valence-electron chi connectivity index (χ0n) is 16.9. The molecule has 2 fully saturated rings. The molecule has 29 heavy (non-hydrogen) atoms. The van der Waals surface area contributed by atoms with Crippen molar-refractivity contribution in [3.8, 4) is 0 Å². The second-order valence-corrected chi connectivity index (χ2v) is 9.04. The van der Waals surface area contributed by atoms with Crippen molar-refractivity contribution in [1.82, 2.24) is 20.1 Å². The summed E-state index contributed by atoms with van der Waals surface area (Å²) < 4.78 is 7.88. The lowest BCUT2D eigenvalue weighted by Crippen LogP contribution is -2.26. The van der Waals surface area contributed by atoms with Gasteiger partial charge in [0.2, 0.25) is 5.91 Å². The number of aromatic nitrogens is 3. The van der Waals surface area contributed by atoms with Crippen LogP contribution in [0.3, 0.4) is 0 Å². The van der Waals surface area contributed by atoms with Crippen LogP contribution in [0.2, 0.25) is 0 Å². The van der Waals surface area contributed by atoms with E-state index in [9.17, 15) is 4.79 Å². The first kappa shape index (κ1) is 20.4. The fourth-order valence-electron chi connectivity index (χ4n) is 4.15. The average Bonchev–Trinajstić information content (AvgIpc) is 3.49.